The van der Waals surface area contributed by atoms with Crippen molar-refractivity contribution in [1.82, 2.24) is 19.6 Å². The predicted octanol–water partition coefficient (Wildman–Crippen LogP) is 5.34. The molecule has 1 amide bonds. The Morgan fingerprint density at radius 3 is 2.33 bits per heavy atom. The van der Waals surface area contributed by atoms with E-state index < -0.39 is 0 Å². The van der Waals surface area contributed by atoms with E-state index in [4.69, 9.17) is 5.10 Å². The summed E-state index contributed by atoms with van der Waals surface area (Å²) in [6.45, 7) is 2.72. The van der Waals surface area contributed by atoms with E-state index >= 15 is 0 Å². The summed E-state index contributed by atoms with van der Waals surface area (Å²) in [4.78, 5) is 13.3. The second-order valence-corrected chi connectivity index (χ2v) is 7.84. The van der Waals surface area contributed by atoms with Crippen LogP contribution in [0.5, 0.6) is 0 Å². The highest BCUT2D eigenvalue weighted by atomic mass is 16.1. The largest absolute Gasteiger partial charge is 0.319 e. The van der Waals surface area contributed by atoms with Crippen molar-refractivity contribution in [2.24, 2.45) is 0 Å². The Morgan fingerprint density at radius 2 is 1.58 bits per heavy atom. The second-order valence-electron chi connectivity index (χ2n) is 7.84. The molecule has 162 valence electrons. The van der Waals surface area contributed by atoms with Crippen molar-refractivity contribution in [3.63, 3.8) is 0 Å². The molecule has 0 radical (unpaired) electrons. The quantitative estimate of drug-likeness (QED) is 0.393. The van der Waals surface area contributed by atoms with Gasteiger partial charge in [-0.3, -0.25) is 9.48 Å². The van der Waals surface area contributed by atoms with Crippen LogP contribution in [0.3, 0.4) is 0 Å². The van der Waals surface area contributed by atoms with E-state index in [9.17, 15) is 4.79 Å². The van der Waals surface area contributed by atoms with Gasteiger partial charge >= 0.3 is 0 Å². The van der Waals surface area contributed by atoms with Crippen LogP contribution in [0.2, 0.25) is 0 Å². The molecule has 6 heteroatoms. The number of anilines is 1. The Morgan fingerprint density at radius 1 is 0.879 bits per heavy atom. The number of hydrogen-bond acceptors (Lipinski definition) is 3. The number of nitrogens with one attached hydrogen (secondary N) is 1. The number of carbonyl (C=O) groups excluding carboxylic acids is 1. The van der Waals surface area contributed by atoms with Crippen molar-refractivity contribution in [3.05, 3.63) is 120 Å². The van der Waals surface area contributed by atoms with Gasteiger partial charge in [0.05, 0.1) is 29.7 Å². The maximum Gasteiger partial charge on any atom is 0.259 e. The molecular formula is C27H23N5O. The van der Waals surface area contributed by atoms with Crippen LogP contribution in [0.15, 0.2) is 104 Å². The molecule has 5 rings (SSSR count). The molecule has 5 aromatic rings. The first-order valence-corrected chi connectivity index (χ1v) is 10.8. The number of amides is 1. The second kappa shape index (κ2) is 8.96. The van der Waals surface area contributed by atoms with Crippen molar-refractivity contribution < 1.29 is 4.79 Å². The lowest BCUT2D eigenvalue weighted by molar-refractivity contribution is 0.102. The molecule has 2 heterocycles. The third-order valence-electron chi connectivity index (χ3n) is 5.51. The molecule has 0 aliphatic rings. The number of carbonyl (C=O) groups is 1. The van der Waals surface area contributed by atoms with Crippen LogP contribution in [-0.2, 0) is 6.54 Å². The van der Waals surface area contributed by atoms with Crippen molar-refractivity contribution in [3.8, 4) is 16.9 Å². The maximum atomic E-state index is 13.3. The minimum absolute atomic E-state index is 0.230. The van der Waals surface area contributed by atoms with Gasteiger partial charge in [0.2, 0.25) is 0 Å². The minimum Gasteiger partial charge on any atom is -0.319 e. The van der Waals surface area contributed by atoms with Crippen molar-refractivity contribution in [2.75, 3.05) is 5.32 Å². The number of nitrogens with zero attached hydrogens (tertiary/aromatic N) is 4. The summed E-state index contributed by atoms with van der Waals surface area (Å²) >= 11 is 0. The fraction of sp³-hybridized carbons (Fsp3) is 0.0741. The molecule has 0 fully saturated rings. The zero-order valence-electron chi connectivity index (χ0n) is 18.2. The van der Waals surface area contributed by atoms with Crippen LogP contribution in [-0.4, -0.2) is 25.5 Å². The molecule has 0 aliphatic heterocycles. The molecular weight excluding hydrogens is 410 g/mol. The zero-order chi connectivity index (χ0) is 22.6. The van der Waals surface area contributed by atoms with Crippen LogP contribution < -0.4 is 5.32 Å². The number of benzene rings is 3. The maximum absolute atomic E-state index is 13.3. The standard InChI is InChI=1S/C27H23N5O/c1-20-10-8-9-13-22(20)17-31-18-23(16-28-31)29-27(33)25-19-32(24-14-6-3-7-15-24)30-26(25)21-11-4-2-5-12-21/h2-16,18-19H,17H2,1H3,(H,29,33). The Balaban J connectivity index is 1.42. The lowest BCUT2D eigenvalue weighted by Gasteiger charge is -2.05. The topological polar surface area (TPSA) is 64.7 Å². The smallest absolute Gasteiger partial charge is 0.259 e. The fourth-order valence-corrected chi connectivity index (χ4v) is 3.74. The lowest BCUT2D eigenvalue weighted by atomic mass is 10.1. The number of para-hydroxylation sites is 1. The summed E-state index contributed by atoms with van der Waals surface area (Å²) in [7, 11) is 0. The molecule has 3 aromatic carbocycles. The molecule has 0 unspecified atom stereocenters. The molecule has 6 nitrogen and oxygen atoms in total. The number of aromatic nitrogens is 4. The molecule has 0 bridgehead atoms. The molecule has 33 heavy (non-hydrogen) atoms. The monoisotopic (exact) mass is 433 g/mol. The van der Waals surface area contributed by atoms with Crippen molar-refractivity contribution in [2.45, 2.75) is 13.5 Å². The van der Waals surface area contributed by atoms with Crippen LogP contribution in [0.4, 0.5) is 5.69 Å². The molecule has 0 saturated carbocycles. The number of hydrogen-bond donors (Lipinski definition) is 1. The summed E-state index contributed by atoms with van der Waals surface area (Å²) in [6, 6.07) is 27.7. The Kier molecular flexibility index (Phi) is 5.55. The summed E-state index contributed by atoms with van der Waals surface area (Å²) in [5.41, 5.74) is 5.93. The van der Waals surface area contributed by atoms with Crippen LogP contribution in [0.25, 0.3) is 16.9 Å². The highest BCUT2D eigenvalue weighted by molar-refractivity contribution is 6.08. The SMILES string of the molecule is Cc1ccccc1Cn1cc(NC(=O)c2cn(-c3ccccc3)nc2-c2ccccc2)cn1. The van der Waals surface area contributed by atoms with Crippen LogP contribution >= 0.6 is 0 Å². The van der Waals surface area contributed by atoms with Gasteiger partial charge < -0.3 is 5.32 Å². The van der Waals surface area contributed by atoms with Crippen LogP contribution in [0, 0.1) is 6.92 Å². The van der Waals surface area contributed by atoms with Gasteiger partial charge in [-0.05, 0) is 30.2 Å². The average molecular weight is 434 g/mol. The van der Waals surface area contributed by atoms with Gasteiger partial charge in [-0.25, -0.2) is 4.68 Å². The van der Waals surface area contributed by atoms with Crippen molar-refractivity contribution in [1.29, 1.82) is 0 Å². The third kappa shape index (κ3) is 4.45. The van der Waals surface area contributed by atoms with Gasteiger partial charge in [0, 0.05) is 18.0 Å². The van der Waals surface area contributed by atoms with Gasteiger partial charge in [-0.15, -0.1) is 0 Å². The Bertz CT molecular complexity index is 1390. The average Bonchev–Trinajstić information content (AvgIpc) is 3.49. The number of rotatable bonds is 6. The lowest BCUT2D eigenvalue weighted by Crippen LogP contribution is -2.12. The van der Waals surface area contributed by atoms with Gasteiger partial charge in [0.15, 0.2) is 0 Å². The third-order valence-corrected chi connectivity index (χ3v) is 5.51. The molecule has 0 atom stereocenters. The first-order valence-electron chi connectivity index (χ1n) is 10.8. The minimum atomic E-state index is -0.230. The van der Waals surface area contributed by atoms with Gasteiger partial charge in [0.1, 0.15) is 5.69 Å². The summed E-state index contributed by atoms with van der Waals surface area (Å²) in [6.07, 6.45) is 5.28. The molecule has 2 aromatic heterocycles. The van der Waals surface area contributed by atoms with E-state index in [-0.39, 0.29) is 5.91 Å². The first kappa shape index (κ1) is 20.5. The zero-order valence-corrected chi connectivity index (χ0v) is 18.2. The molecule has 0 spiro atoms. The van der Waals surface area contributed by atoms with E-state index in [0.29, 0.717) is 23.5 Å². The molecule has 0 aliphatic carbocycles. The van der Waals surface area contributed by atoms with Gasteiger partial charge in [-0.1, -0.05) is 72.8 Å². The number of aryl methyl sites for hydroxylation is 1. The summed E-state index contributed by atoms with van der Waals surface area (Å²) in [5, 5.41) is 12.1. The fourth-order valence-electron chi connectivity index (χ4n) is 3.74. The Labute approximate surface area is 192 Å². The van der Waals surface area contributed by atoms with Crippen molar-refractivity contribution >= 4 is 11.6 Å². The van der Waals surface area contributed by atoms with Gasteiger partial charge in [0.25, 0.3) is 5.91 Å². The normalized spacial score (nSPS) is 10.8. The predicted molar refractivity (Wildman–Crippen MR) is 129 cm³/mol. The van der Waals surface area contributed by atoms with E-state index in [2.05, 4.69) is 29.5 Å². The van der Waals surface area contributed by atoms with Crippen LogP contribution in [0.1, 0.15) is 21.5 Å². The Hall–Kier alpha value is -4.45. The van der Waals surface area contributed by atoms with E-state index in [0.717, 1.165) is 11.3 Å². The van der Waals surface area contributed by atoms with E-state index in [1.165, 1.54) is 11.1 Å². The summed E-state index contributed by atoms with van der Waals surface area (Å²) < 4.78 is 3.56. The van der Waals surface area contributed by atoms with E-state index in [1.54, 1.807) is 17.1 Å². The highest BCUT2D eigenvalue weighted by Gasteiger charge is 2.19. The molecule has 1 N–H and O–H groups in total. The first-order chi connectivity index (χ1) is 16.2. The van der Waals surface area contributed by atoms with E-state index in [1.807, 2.05) is 83.7 Å². The highest BCUT2D eigenvalue weighted by Crippen LogP contribution is 2.24. The molecule has 0 saturated heterocycles. The van der Waals surface area contributed by atoms with Gasteiger partial charge in [-0.2, -0.15) is 10.2 Å². The summed E-state index contributed by atoms with van der Waals surface area (Å²) in [5.74, 6) is -0.230.